The Kier molecular flexibility index (Phi) is 9.04. The highest BCUT2D eigenvalue weighted by atomic mass is 16.5. The number of nitrogens with one attached hydrogen (secondary N) is 2. The number of amides is 1. The van der Waals surface area contributed by atoms with Crippen LogP contribution in [0.2, 0.25) is 0 Å². The van der Waals surface area contributed by atoms with Gasteiger partial charge in [0.15, 0.2) is 0 Å². The standard InChI is InChI=1S/C30H37N3O2/c1-3-18-32-27-14-15-28-24(6-4-8-26(28)21-27)7-5-9-29(35-2)33-30(34)25-12-10-22(11-13-25)23-16-19-31-20-17-23/h4,6,8,10-13,16-17,19-20,27,29,32H,3,5,7,9,14-15,18,21H2,1-2H3,(H,33,34)/t27-,29?/m0/s1. The fourth-order valence-electron chi connectivity index (χ4n) is 4.96. The summed E-state index contributed by atoms with van der Waals surface area (Å²) in [4.78, 5) is 16.8. The van der Waals surface area contributed by atoms with E-state index in [1.165, 1.54) is 29.5 Å². The number of hydrogen-bond acceptors (Lipinski definition) is 4. The van der Waals surface area contributed by atoms with Crippen molar-refractivity contribution in [3.05, 3.63) is 89.2 Å². The lowest BCUT2D eigenvalue weighted by molar-refractivity contribution is 0.0530. The first-order valence-electron chi connectivity index (χ1n) is 12.8. The van der Waals surface area contributed by atoms with E-state index in [-0.39, 0.29) is 12.1 Å². The van der Waals surface area contributed by atoms with Gasteiger partial charge in [0.1, 0.15) is 6.23 Å². The maximum atomic E-state index is 12.8. The van der Waals surface area contributed by atoms with E-state index in [1.54, 1.807) is 19.5 Å². The molecule has 0 bridgehead atoms. The highest BCUT2D eigenvalue weighted by molar-refractivity contribution is 5.94. The average molecular weight is 472 g/mol. The van der Waals surface area contributed by atoms with Crippen LogP contribution in [0.25, 0.3) is 11.1 Å². The van der Waals surface area contributed by atoms with E-state index in [1.807, 2.05) is 36.4 Å². The van der Waals surface area contributed by atoms with Crippen molar-refractivity contribution >= 4 is 5.91 Å². The zero-order valence-corrected chi connectivity index (χ0v) is 20.9. The smallest absolute Gasteiger partial charge is 0.253 e. The van der Waals surface area contributed by atoms with Crippen LogP contribution in [0.3, 0.4) is 0 Å². The summed E-state index contributed by atoms with van der Waals surface area (Å²) >= 11 is 0. The molecule has 2 N–H and O–H groups in total. The molecule has 4 rings (SSSR count). The van der Waals surface area contributed by atoms with Crippen molar-refractivity contribution in [2.24, 2.45) is 0 Å². The molecule has 35 heavy (non-hydrogen) atoms. The summed E-state index contributed by atoms with van der Waals surface area (Å²) in [5.41, 5.74) is 7.25. The molecule has 5 heteroatoms. The predicted octanol–water partition coefficient (Wildman–Crippen LogP) is 5.33. The minimum atomic E-state index is -0.301. The minimum absolute atomic E-state index is 0.110. The van der Waals surface area contributed by atoms with Gasteiger partial charge in [-0.25, -0.2) is 0 Å². The molecule has 2 atom stereocenters. The van der Waals surface area contributed by atoms with Crippen LogP contribution < -0.4 is 10.6 Å². The Hall–Kier alpha value is -3.02. The molecule has 1 aromatic heterocycles. The fourth-order valence-corrected chi connectivity index (χ4v) is 4.96. The van der Waals surface area contributed by atoms with Gasteiger partial charge >= 0.3 is 0 Å². The molecule has 1 amide bonds. The molecule has 0 saturated heterocycles. The first-order valence-corrected chi connectivity index (χ1v) is 12.8. The molecule has 0 aliphatic heterocycles. The molecular formula is C30H37N3O2. The van der Waals surface area contributed by atoms with Gasteiger partial charge in [-0.1, -0.05) is 37.3 Å². The highest BCUT2D eigenvalue weighted by Crippen LogP contribution is 2.26. The number of hydrogen-bond donors (Lipinski definition) is 2. The number of rotatable bonds is 11. The topological polar surface area (TPSA) is 63.2 Å². The van der Waals surface area contributed by atoms with Crippen LogP contribution >= 0.6 is 0 Å². The summed E-state index contributed by atoms with van der Waals surface area (Å²) in [5.74, 6) is -0.110. The molecule has 1 heterocycles. The Morgan fingerprint density at radius 2 is 1.86 bits per heavy atom. The summed E-state index contributed by atoms with van der Waals surface area (Å²) in [6.45, 7) is 3.32. The van der Waals surface area contributed by atoms with Crippen LogP contribution in [0.5, 0.6) is 0 Å². The molecule has 5 nitrogen and oxygen atoms in total. The third-order valence-corrected chi connectivity index (χ3v) is 6.91. The number of methoxy groups -OCH3 is 1. The second-order valence-corrected chi connectivity index (χ2v) is 9.35. The Bertz CT molecular complexity index is 1080. The molecule has 0 saturated carbocycles. The van der Waals surface area contributed by atoms with Gasteiger partial charge in [0.2, 0.25) is 0 Å². The van der Waals surface area contributed by atoms with E-state index >= 15 is 0 Å². The average Bonchev–Trinajstić information content (AvgIpc) is 2.91. The van der Waals surface area contributed by atoms with Crippen LogP contribution in [0.1, 0.15) is 59.7 Å². The molecular weight excluding hydrogens is 434 g/mol. The zero-order chi connectivity index (χ0) is 24.5. The number of aryl methyl sites for hydroxylation is 1. The molecule has 2 aromatic carbocycles. The Balaban J connectivity index is 1.29. The van der Waals surface area contributed by atoms with Crippen molar-refractivity contribution in [3.8, 4) is 11.1 Å². The van der Waals surface area contributed by atoms with Crippen molar-refractivity contribution in [1.29, 1.82) is 0 Å². The van der Waals surface area contributed by atoms with Crippen LogP contribution in [0, 0.1) is 0 Å². The number of pyridine rings is 1. The van der Waals surface area contributed by atoms with Crippen molar-refractivity contribution in [1.82, 2.24) is 15.6 Å². The minimum Gasteiger partial charge on any atom is -0.362 e. The van der Waals surface area contributed by atoms with Gasteiger partial charge in [-0.05, 0) is 104 Å². The van der Waals surface area contributed by atoms with Crippen molar-refractivity contribution in [3.63, 3.8) is 0 Å². The van der Waals surface area contributed by atoms with Gasteiger partial charge in [-0.2, -0.15) is 0 Å². The predicted molar refractivity (Wildman–Crippen MR) is 141 cm³/mol. The van der Waals surface area contributed by atoms with Gasteiger partial charge < -0.3 is 15.4 Å². The van der Waals surface area contributed by atoms with Gasteiger partial charge in [-0.3, -0.25) is 9.78 Å². The number of carbonyl (C=O) groups is 1. The lowest BCUT2D eigenvalue weighted by Crippen LogP contribution is -2.36. The summed E-state index contributed by atoms with van der Waals surface area (Å²) in [5, 5.41) is 6.72. The van der Waals surface area contributed by atoms with E-state index in [2.05, 4.69) is 40.7 Å². The first-order chi connectivity index (χ1) is 17.2. The lowest BCUT2D eigenvalue weighted by Gasteiger charge is -2.27. The van der Waals surface area contributed by atoms with Gasteiger partial charge in [-0.15, -0.1) is 0 Å². The normalized spacial score (nSPS) is 15.9. The van der Waals surface area contributed by atoms with Crippen LogP contribution in [0.15, 0.2) is 67.0 Å². The molecule has 3 aromatic rings. The Morgan fingerprint density at radius 3 is 2.60 bits per heavy atom. The second kappa shape index (κ2) is 12.6. The van der Waals surface area contributed by atoms with E-state index < -0.39 is 0 Å². The Labute approximate surface area is 209 Å². The second-order valence-electron chi connectivity index (χ2n) is 9.35. The van der Waals surface area contributed by atoms with Crippen molar-refractivity contribution in [2.75, 3.05) is 13.7 Å². The summed E-state index contributed by atoms with van der Waals surface area (Å²) in [7, 11) is 1.66. The van der Waals surface area contributed by atoms with E-state index in [4.69, 9.17) is 4.74 Å². The maximum absolute atomic E-state index is 12.8. The lowest BCUT2D eigenvalue weighted by atomic mass is 9.84. The monoisotopic (exact) mass is 471 g/mol. The van der Waals surface area contributed by atoms with Crippen LogP contribution in [-0.2, 0) is 24.0 Å². The van der Waals surface area contributed by atoms with Gasteiger partial charge in [0.05, 0.1) is 0 Å². The summed E-state index contributed by atoms with van der Waals surface area (Å²) in [6.07, 6.45) is 10.6. The molecule has 1 aliphatic rings. The molecule has 1 aliphatic carbocycles. The molecule has 0 spiro atoms. The number of fused-ring (bicyclic) bond motifs is 1. The third kappa shape index (κ3) is 6.77. The van der Waals surface area contributed by atoms with E-state index in [0.29, 0.717) is 11.6 Å². The van der Waals surface area contributed by atoms with E-state index in [9.17, 15) is 4.79 Å². The van der Waals surface area contributed by atoms with Crippen LogP contribution in [0.4, 0.5) is 0 Å². The maximum Gasteiger partial charge on any atom is 0.253 e. The summed E-state index contributed by atoms with van der Waals surface area (Å²) < 4.78 is 5.59. The highest BCUT2D eigenvalue weighted by Gasteiger charge is 2.20. The largest absolute Gasteiger partial charge is 0.362 e. The number of aromatic nitrogens is 1. The number of ether oxygens (including phenoxy) is 1. The molecule has 184 valence electrons. The summed E-state index contributed by atoms with van der Waals surface area (Å²) in [6, 6.07) is 18.9. The number of carbonyl (C=O) groups excluding carboxylic acids is 1. The quantitative estimate of drug-likeness (QED) is 0.371. The molecule has 1 unspecified atom stereocenters. The Morgan fingerprint density at radius 1 is 1.09 bits per heavy atom. The van der Waals surface area contributed by atoms with Gasteiger partial charge in [0, 0.05) is 31.1 Å². The van der Waals surface area contributed by atoms with Crippen molar-refractivity contribution in [2.45, 2.75) is 64.1 Å². The first kappa shape index (κ1) is 25.1. The van der Waals surface area contributed by atoms with Crippen LogP contribution in [-0.4, -0.2) is 36.8 Å². The third-order valence-electron chi connectivity index (χ3n) is 6.91. The zero-order valence-electron chi connectivity index (χ0n) is 20.9. The molecule has 0 fully saturated rings. The SMILES string of the molecule is CCCN[C@H]1CCc2c(CCCC(NC(=O)c3ccc(-c4ccncc4)cc3)OC)cccc2C1. The van der Waals surface area contributed by atoms with E-state index in [0.717, 1.165) is 49.8 Å². The number of benzene rings is 2. The van der Waals surface area contributed by atoms with Gasteiger partial charge in [0.25, 0.3) is 5.91 Å². The molecule has 0 radical (unpaired) electrons. The number of nitrogens with zero attached hydrogens (tertiary/aromatic N) is 1. The van der Waals surface area contributed by atoms with Crippen molar-refractivity contribution < 1.29 is 9.53 Å². The fraction of sp³-hybridized carbons (Fsp3) is 0.400.